The number of nitrogens with two attached hydrogens (primary N) is 1. The van der Waals surface area contributed by atoms with E-state index in [1.165, 1.54) is 5.56 Å². The van der Waals surface area contributed by atoms with E-state index in [1.807, 2.05) is 30.3 Å². The van der Waals surface area contributed by atoms with Gasteiger partial charge in [-0.1, -0.05) is 44.2 Å². The van der Waals surface area contributed by atoms with Gasteiger partial charge in [0.05, 0.1) is 21.3 Å². The Hall–Kier alpha value is -2.73. The summed E-state index contributed by atoms with van der Waals surface area (Å²) in [6.45, 7) is 5.09. The maximum atomic E-state index is 12.4. The third kappa shape index (κ3) is 5.63. The molecule has 1 atom stereocenters. The van der Waals surface area contributed by atoms with Crippen molar-refractivity contribution >= 4 is 5.91 Å². The van der Waals surface area contributed by atoms with E-state index in [-0.39, 0.29) is 11.9 Å². The topological polar surface area (TPSA) is 73.4 Å². The lowest BCUT2D eigenvalue weighted by molar-refractivity contribution is -0.692. The molecule has 1 amide bonds. The molecule has 0 fully saturated rings. The van der Waals surface area contributed by atoms with Crippen LogP contribution in [0.15, 0.2) is 42.5 Å². The SMILES string of the molecule is COc1cc(CNC(=O)C[NH2+][C@@H](c2ccccc2)C(C)C)cc(OC)c1OC. The summed E-state index contributed by atoms with van der Waals surface area (Å²) in [6, 6.07) is 14.2. The summed E-state index contributed by atoms with van der Waals surface area (Å²) in [5, 5.41) is 5.05. The zero-order chi connectivity index (χ0) is 20.5. The van der Waals surface area contributed by atoms with Crippen molar-refractivity contribution in [2.24, 2.45) is 5.92 Å². The zero-order valence-corrected chi connectivity index (χ0v) is 17.3. The quantitative estimate of drug-likeness (QED) is 0.656. The van der Waals surface area contributed by atoms with E-state index in [0.29, 0.717) is 36.3 Å². The van der Waals surface area contributed by atoms with Gasteiger partial charge in [0.15, 0.2) is 18.0 Å². The van der Waals surface area contributed by atoms with E-state index in [2.05, 4.69) is 36.6 Å². The highest BCUT2D eigenvalue weighted by Gasteiger charge is 2.20. The summed E-state index contributed by atoms with van der Waals surface area (Å²) in [5.74, 6) is 2.08. The van der Waals surface area contributed by atoms with E-state index in [1.54, 1.807) is 21.3 Å². The second-order valence-corrected chi connectivity index (χ2v) is 6.93. The molecule has 0 aliphatic heterocycles. The molecule has 3 N–H and O–H groups in total. The van der Waals surface area contributed by atoms with Gasteiger partial charge in [-0.15, -0.1) is 0 Å². The third-order valence-corrected chi connectivity index (χ3v) is 4.67. The lowest BCUT2D eigenvalue weighted by Gasteiger charge is -2.19. The number of hydrogen-bond donors (Lipinski definition) is 2. The number of carbonyl (C=O) groups excluding carboxylic acids is 1. The van der Waals surface area contributed by atoms with Crippen molar-refractivity contribution in [2.75, 3.05) is 27.9 Å². The molecule has 0 aliphatic carbocycles. The van der Waals surface area contributed by atoms with Crippen molar-refractivity contribution in [3.8, 4) is 17.2 Å². The molecule has 2 aromatic rings. The number of nitrogens with one attached hydrogen (secondary N) is 1. The van der Waals surface area contributed by atoms with Crippen LogP contribution in [0.2, 0.25) is 0 Å². The highest BCUT2D eigenvalue weighted by atomic mass is 16.5. The van der Waals surface area contributed by atoms with Gasteiger partial charge < -0.3 is 24.8 Å². The van der Waals surface area contributed by atoms with Crippen LogP contribution in [0.1, 0.15) is 31.0 Å². The molecule has 0 spiro atoms. The Morgan fingerprint density at radius 2 is 1.61 bits per heavy atom. The van der Waals surface area contributed by atoms with Crippen molar-refractivity contribution in [2.45, 2.75) is 26.4 Å². The molecule has 6 nitrogen and oxygen atoms in total. The predicted molar refractivity (Wildman–Crippen MR) is 109 cm³/mol. The van der Waals surface area contributed by atoms with Crippen molar-refractivity contribution < 1.29 is 24.3 Å². The van der Waals surface area contributed by atoms with Crippen LogP contribution in [0.25, 0.3) is 0 Å². The zero-order valence-electron chi connectivity index (χ0n) is 17.3. The molecule has 0 aliphatic rings. The van der Waals surface area contributed by atoms with E-state index in [0.717, 1.165) is 5.56 Å². The van der Waals surface area contributed by atoms with Gasteiger partial charge >= 0.3 is 0 Å². The van der Waals surface area contributed by atoms with Crippen molar-refractivity contribution in [3.05, 3.63) is 53.6 Å². The van der Waals surface area contributed by atoms with Gasteiger partial charge in [0.2, 0.25) is 5.75 Å². The van der Waals surface area contributed by atoms with Crippen LogP contribution >= 0.6 is 0 Å². The van der Waals surface area contributed by atoms with Crippen molar-refractivity contribution in [1.29, 1.82) is 0 Å². The molecule has 2 rings (SSSR count). The molecule has 0 saturated heterocycles. The first-order valence-electron chi connectivity index (χ1n) is 9.44. The summed E-state index contributed by atoms with van der Waals surface area (Å²) >= 11 is 0. The maximum Gasteiger partial charge on any atom is 0.275 e. The molecule has 0 saturated carbocycles. The van der Waals surface area contributed by atoms with Crippen LogP contribution < -0.4 is 24.8 Å². The highest BCUT2D eigenvalue weighted by Crippen LogP contribution is 2.38. The van der Waals surface area contributed by atoms with Crippen molar-refractivity contribution in [3.63, 3.8) is 0 Å². The maximum absolute atomic E-state index is 12.4. The molecule has 28 heavy (non-hydrogen) atoms. The Labute approximate surface area is 167 Å². The predicted octanol–water partition coefficient (Wildman–Crippen LogP) is 2.29. The summed E-state index contributed by atoms with van der Waals surface area (Å²) in [4.78, 5) is 12.4. The number of methoxy groups -OCH3 is 3. The average molecular weight is 388 g/mol. The average Bonchev–Trinajstić information content (AvgIpc) is 2.71. The van der Waals surface area contributed by atoms with Gasteiger partial charge in [0.1, 0.15) is 6.04 Å². The van der Waals surface area contributed by atoms with Crippen LogP contribution in [0.3, 0.4) is 0 Å². The van der Waals surface area contributed by atoms with Gasteiger partial charge in [-0.3, -0.25) is 4.79 Å². The van der Waals surface area contributed by atoms with Crippen LogP contribution in [0, 0.1) is 5.92 Å². The summed E-state index contributed by atoms with van der Waals surface area (Å²) in [5.41, 5.74) is 2.11. The second kappa shape index (κ2) is 10.6. The van der Waals surface area contributed by atoms with Gasteiger partial charge in [-0.05, 0) is 17.7 Å². The van der Waals surface area contributed by atoms with Gasteiger partial charge in [0, 0.05) is 18.0 Å². The van der Waals surface area contributed by atoms with E-state index in [4.69, 9.17) is 14.2 Å². The number of quaternary nitrogens is 1. The Balaban J connectivity index is 1.96. The minimum atomic E-state index is -0.0182. The fourth-order valence-electron chi connectivity index (χ4n) is 3.21. The molecular formula is C22H31N2O4+. The fourth-order valence-corrected chi connectivity index (χ4v) is 3.21. The monoisotopic (exact) mass is 387 g/mol. The molecule has 6 heteroatoms. The standard InChI is InChI=1S/C22H30N2O4/c1-15(2)21(17-9-7-6-8-10-17)24-14-20(25)23-13-16-11-18(26-3)22(28-5)19(12-16)27-4/h6-12,15,21,24H,13-14H2,1-5H3,(H,23,25)/p+1/t21-/m1/s1. The lowest BCUT2D eigenvalue weighted by atomic mass is 9.96. The Morgan fingerprint density at radius 3 is 2.11 bits per heavy atom. The summed E-state index contributed by atoms with van der Waals surface area (Å²) in [7, 11) is 4.71. The van der Waals surface area contributed by atoms with Crippen LogP contribution in [-0.4, -0.2) is 33.8 Å². The Kier molecular flexibility index (Phi) is 8.14. The number of benzene rings is 2. The number of ether oxygens (including phenoxy) is 3. The molecule has 0 aromatic heterocycles. The number of hydrogen-bond acceptors (Lipinski definition) is 4. The van der Waals surface area contributed by atoms with Gasteiger partial charge in [-0.25, -0.2) is 0 Å². The van der Waals surface area contributed by atoms with Gasteiger partial charge in [-0.2, -0.15) is 0 Å². The summed E-state index contributed by atoms with van der Waals surface area (Å²) < 4.78 is 16.0. The largest absolute Gasteiger partial charge is 0.493 e. The summed E-state index contributed by atoms with van der Waals surface area (Å²) in [6.07, 6.45) is 0. The molecule has 152 valence electrons. The number of amides is 1. The smallest absolute Gasteiger partial charge is 0.275 e. The third-order valence-electron chi connectivity index (χ3n) is 4.67. The first-order chi connectivity index (χ1) is 13.5. The fraction of sp³-hybridized carbons (Fsp3) is 0.409. The Bertz CT molecular complexity index is 737. The van der Waals surface area contributed by atoms with Crippen LogP contribution in [0.5, 0.6) is 17.2 Å². The molecule has 0 radical (unpaired) electrons. The first-order valence-corrected chi connectivity index (χ1v) is 9.44. The van der Waals surface area contributed by atoms with Gasteiger partial charge in [0.25, 0.3) is 5.91 Å². The molecule has 0 unspecified atom stereocenters. The van der Waals surface area contributed by atoms with Crippen molar-refractivity contribution in [1.82, 2.24) is 5.32 Å². The van der Waals surface area contributed by atoms with Crippen LogP contribution in [0.4, 0.5) is 0 Å². The Morgan fingerprint density at radius 1 is 1.00 bits per heavy atom. The normalized spacial score (nSPS) is 11.8. The molecule has 0 heterocycles. The van der Waals surface area contributed by atoms with E-state index in [9.17, 15) is 4.79 Å². The van der Waals surface area contributed by atoms with Crippen LogP contribution in [-0.2, 0) is 11.3 Å². The minimum absolute atomic E-state index is 0.0182. The van der Waals surface area contributed by atoms with E-state index < -0.39 is 0 Å². The molecular weight excluding hydrogens is 356 g/mol. The lowest BCUT2D eigenvalue weighted by Crippen LogP contribution is -2.88. The molecule has 0 bridgehead atoms. The minimum Gasteiger partial charge on any atom is -0.493 e. The highest BCUT2D eigenvalue weighted by molar-refractivity contribution is 5.76. The second-order valence-electron chi connectivity index (χ2n) is 6.93. The number of carbonyl (C=O) groups is 1. The number of rotatable bonds is 10. The molecule has 2 aromatic carbocycles. The van der Waals surface area contributed by atoms with E-state index >= 15 is 0 Å². The first kappa shape index (κ1) is 21.6.